The van der Waals surface area contributed by atoms with Gasteiger partial charge in [-0.15, -0.1) is 12.4 Å². The summed E-state index contributed by atoms with van der Waals surface area (Å²) in [4.78, 5) is 0. The number of rotatable bonds is 3. The van der Waals surface area contributed by atoms with Crippen LogP contribution < -0.4 is 5.73 Å². The molecule has 0 aromatic heterocycles. The molecule has 1 atom stereocenters. The molecular weight excluding hydrogens is 224 g/mol. The average molecular weight is 238 g/mol. The second-order valence-electron chi connectivity index (χ2n) is 3.06. The maximum absolute atomic E-state index is 12.8. The van der Waals surface area contributed by atoms with Crippen LogP contribution in [0.4, 0.5) is 4.39 Å². The zero-order chi connectivity index (χ0) is 9.84. The van der Waals surface area contributed by atoms with E-state index in [0.717, 1.165) is 12.8 Å². The summed E-state index contributed by atoms with van der Waals surface area (Å²) in [5, 5.41) is 0.544. The maximum Gasteiger partial charge on any atom is 0.123 e. The quantitative estimate of drug-likeness (QED) is 0.853. The molecule has 0 radical (unpaired) electrons. The van der Waals surface area contributed by atoms with Crippen LogP contribution in [0.3, 0.4) is 0 Å². The lowest BCUT2D eigenvalue weighted by molar-refractivity contribution is 0.605. The van der Waals surface area contributed by atoms with Crippen LogP contribution in [0.2, 0.25) is 5.02 Å². The fourth-order valence-corrected chi connectivity index (χ4v) is 1.52. The Kier molecular flexibility index (Phi) is 6.09. The van der Waals surface area contributed by atoms with Gasteiger partial charge in [-0.25, -0.2) is 4.39 Å². The molecule has 1 aromatic rings. The molecule has 0 bridgehead atoms. The minimum absolute atomic E-state index is 0. The fourth-order valence-electron chi connectivity index (χ4n) is 1.27. The van der Waals surface area contributed by atoms with E-state index in [1.54, 1.807) is 6.07 Å². The Morgan fingerprint density at radius 2 is 2.14 bits per heavy atom. The Hall–Kier alpha value is -0.310. The highest BCUT2D eigenvalue weighted by Gasteiger charge is 2.09. The molecule has 0 fully saturated rings. The Morgan fingerprint density at radius 3 is 2.71 bits per heavy atom. The van der Waals surface area contributed by atoms with E-state index in [-0.39, 0.29) is 24.3 Å². The third-order valence-corrected chi connectivity index (χ3v) is 2.30. The first-order valence-electron chi connectivity index (χ1n) is 4.35. The van der Waals surface area contributed by atoms with Crippen LogP contribution >= 0.6 is 24.0 Å². The number of hydrogen-bond acceptors (Lipinski definition) is 1. The van der Waals surface area contributed by atoms with Crippen LogP contribution in [0, 0.1) is 5.82 Å². The van der Waals surface area contributed by atoms with Crippen molar-refractivity contribution in [2.24, 2.45) is 5.73 Å². The number of halogens is 3. The predicted octanol–water partition coefficient (Wildman–Crippen LogP) is 3.70. The highest BCUT2D eigenvalue weighted by molar-refractivity contribution is 6.31. The Morgan fingerprint density at radius 1 is 1.50 bits per heavy atom. The second-order valence-corrected chi connectivity index (χ2v) is 3.47. The summed E-state index contributed by atoms with van der Waals surface area (Å²) >= 11 is 5.88. The van der Waals surface area contributed by atoms with E-state index < -0.39 is 0 Å². The van der Waals surface area contributed by atoms with Crippen LogP contribution in [-0.4, -0.2) is 0 Å². The Balaban J connectivity index is 0.00000169. The van der Waals surface area contributed by atoms with Crippen molar-refractivity contribution < 1.29 is 4.39 Å². The summed E-state index contributed by atoms with van der Waals surface area (Å²) in [6.45, 7) is 2.03. The van der Waals surface area contributed by atoms with Gasteiger partial charge in [-0.2, -0.15) is 0 Å². The van der Waals surface area contributed by atoms with Crippen molar-refractivity contribution in [3.05, 3.63) is 34.6 Å². The number of nitrogens with two attached hydrogens (primary N) is 1. The normalized spacial score (nSPS) is 12.0. The first-order chi connectivity index (χ1) is 6.15. The summed E-state index contributed by atoms with van der Waals surface area (Å²) in [5.74, 6) is -0.286. The topological polar surface area (TPSA) is 26.0 Å². The van der Waals surface area contributed by atoms with Gasteiger partial charge in [-0.05, 0) is 30.2 Å². The predicted molar refractivity (Wildman–Crippen MR) is 60.5 cm³/mol. The monoisotopic (exact) mass is 237 g/mol. The van der Waals surface area contributed by atoms with E-state index in [9.17, 15) is 4.39 Å². The van der Waals surface area contributed by atoms with E-state index in [1.165, 1.54) is 12.1 Å². The minimum atomic E-state index is -0.286. The van der Waals surface area contributed by atoms with Gasteiger partial charge in [-0.1, -0.05) is 24.9 Å². The molecule has 2 N–H and O–H groups in total. The molecular formula is C10H14Cl2FN. The van der Waals surface area contributed by atoms with Crippen molar-refractivity contribution in [3.8, 4) is 0 Å². The molecule has 1 nitrogen and oxygen atoms in total. The van der Waals surface area contributed by atoms with Crippen LogP contribution in [0.15, 0.2) is 18.2 Å². The smallest absolute Gasteiger partial charge is 0.123 e. The maximum atomic E-state index is 12.8. The number of hydrogen-bond donors (Lipinski definition) is 1. The van der Waals surface area contributed by atoms with E-state index in [0.29, 0.717) is 10.6 Å². The molecule has 0 aliphatic heterocycles. The van der Waals surface area contributed by atoms with Crippen molar-refractivity contribution in [1.82, 2.24) is 0 Å². The summed E-state index contributed by atoms with van der Waals surface area (Å²) < 4.78 is 12.8. The highest BCUT2D eigenvalue weighted by Crippen LogP contribution is 2.24. The SMILES string of the molecule is CCC[C@@H](N)c1cc(F)ccc1Cl.Cl. The van der Waals surface area contributed by atoms with Gasteiger partial charge in [0.05, 0.1) is 0 Å². The molecule has 0 heterocycles. The van der Waals surface area contributed by atoms with Gasteiger partial charge in [0.15, 0.2) is 0 Å². The summed E-state index contributed by atoms with van der Waals surface area (Å²) in [5.41, 5.74) is 6.52. The van der Waals surface area contributed by atoms with Crippen molar-refractivity contribution in [3.63, 3.8) is 0 Å². The van der Waals surface area contributed by atoms with Gasteiger partial charge in [0.2, 0.25) is 0 Å². The average Bonchev–Trinajstić information content (AvgIpc) is 2.09. The molecule has 1 aromatic carbocycles. The zero-order valence-corrected chi connectivity index (χ0v) is 9.54. The second kappa shape index (κ2) is 6.23. The van der Waals surface area contributed by atoms with Gasteiger partial charge in [0.1, 0.15) is 5.82 Å². The Bertz CT molecular complexity index is 291. The lowest BCUT2D eigenvalue weighted by Gasteiger charge is -2.12. The van der Waals surface area contributed by atoms with E-state index in [1.807, 2.05) is 6.92 Å². The standard InChI is InChI=1S/C10H13ClFN.ClH/c1-2-3-10(13)8-6-7(12)4-5-9(8)11;/h4-6,10H,2-3,13H2,1H3;1H/t10-;/m1./s1. The van der Waals surface area contributed by atoms with E-state index in [2.05, 4.69) is 0 Å². The zero-order valence-electron chi connectivity index (χ0n) is 7.97. The van der Waals surface area contributed by atoms with Gasteiger partial charge in [0.25, 0.3) is 0 Å². The van der Waals surface area contributed by atoms with Gasteiger partial charge >= 0.3 is 0 Å². The van der Waals surface area contributed by atoms with Crippen molar-refractivity contribution in [1.29, 1.82) is 0 Å². The minimum Gasteiger partial charge on any atom is -0.324 e. The summed E-state index contributed by atoms with van der Waals surface area (Å²) in [6.07, 6.45) is 1.79. The molecule has 0 aliphatic rings. The molecule has 0 saturated carbocycles. The van der Waals surface area contributed by atoms with Gasteiger partial charge in [-0.3, -0.25) is 0 Å². The third-order valence-electron chi connectivity index (χ3n) is 1.96. The van der Waals surface area contributed by atoms with Crippen LogP contribution in [-0.2, 0) is 0 Å². The number of benzene rings is 1. The third kappa shape index (κ3) is 3.45. The van der Waals surface area contributed by atoms with Crippen LogP contribution in [0.1, 0.15) is 31.4 Å². The van der Waals surface area contributed by atoms with Crippen LogP contribution in [0.5, 0.6) is 0 Å². The first-order valence-corrected chi connectivity index (χ1v) is 4.73. The molecule has 1 rings (SSSR count). The van der Waals surface area contributed by atoms with Crippen molar-refractivity contribution in [2.45, 2.75) is 25.8 Å². The van der Waals surface area contributed by atoms with Crippen LogP contribution in [0.25, 0.3) is 0 Å². The van der Waals surface area contributed by atoms with Gasteiger partial charge < -0.3 is 5.73 Å². The highest BCUT2D eigenvalue weighted by atomic mass is 35.5. The molecule has 0 spiro atoms. The Labute approximate surface area is 94.9 Å². The summed E-state index contributed by atoms with van der Waals surface area (Å²) in [6, 6.07) is 4.13. The lowest BCUT2D eigenvalue weighted by Crippen LogP contribution is -2.10. The first kappa shape index (κ1) is 13.7. The molecule has 0 saturated heterocycles. The molecule has 0 aliphatic carbocycles. The molecule has 0 amide bonds. The summed E-state index contributed by atoms with van der Waals surface area (Å²) in [7, 11) is 0. The van der Waals surface area contributed by atoms with E-state index >= 15 is 0 Å². The largest absolute Gasteiger partial charge is 0.324 e. The van der Waals surface area contributed by atoms with Crippen molar-refractivity contribution >= 4 is 24.0 Å². The van der Waals surface area contributed by atoms with Crippen molar-refractivity contribution in [2.75, 3.05) is 0 Å². The van der Waals surface area contributed by atoms with Gasteiger partial charge in [0, 0.05) is 11.1 Å². The fraction of sp³-hybridized carbons (Fsp3) is 0.400. The molecule has 80 valence electrons. The lowest BCUT2D eigenvalue weighted by atomic mass is 10.0. The molecule has 4 heteroatoms. The molecule has 0 unspecified atom stereocenters. The molecule has 14 heavy (non-hydrogen) atoms. The van der Waals surface area contributed by atoms with E-state index in [4.69, 9.17) is 17.3 Å².